The van der Waals surface area contributed by atoms with Gasteiger partial charge in [0.15, 0.2) is 0 Å². The normalized spacial score (nSPS) is 14.6. The van der Waals surface area contributed by atoms with E-state index in [4.69, 9.17) is 4.74 Å². The lowest BCUT2D eigenvalue weighted by atomic mass is 9.98. The van der Waals surface area contributed by atoms with Gasteiger partial charge in [-0.05, 0) is 44.6 Å². The molecule has 4 rings (SSSR count). The van der Waals surface area contributed by atoms with Crippen molar-refractivity contribution in [1.29, 1.82) is 0 Å². The Kier molecular flexibility index (Phi) is 6.42. The molecule has 1 saturated carbocycles. The number of aromatic nitrogens is 4. The van der Waals surface area contributed by atoms with Crippen LogP contribution in [0.1, 0.15) is 59.3 Å². The molecule has 1 aliphatic rings. The molecule has 9 nitrogen and oxygen atoms in total. The topological polar surface area (TPSA) is 116 Å². The van der Waals surface area contributed by atoms with Gasteiger partial charge in [0, 0.05) is 0 Å². The predicted molar refractivity (Wildman–Crippen MR) is 119 cm³/mol. The molecule has 1 N–H and O–H groups in total. The lowest BCUT2D eigenvalue weighted by Gasteiger charge is -2.21. The smallest absolute Gasteiger partial charge is 0.348 e. The molecule has 11 heteroatoms. The van der Waals surface area contributed by atoms with Crippen molar-refractivity contribution in [3.8, 4) is 0 Å². The number of thiophene rings is 1. The molecule has 0 radical (unpaired) electrons. The van der Waals surface area contributed by atoms with Crippen molar-refractivity contribution >= 4 is 49.9 Å². The van der Waals surface area contributed by atoms with Gasteiger partial charge in [-0.25, -0.2) is 9.78 Å². The second-order valence-electron chi connectivity index (χ2n) is 7.48. The van der Waals surface area contributed by atoms with E-state index in [-0.39, 0.29) is 18.2 Å². The van der Waals surface area contributed by atoms with Crippen LogP contribution < -0.4 is 10.9 Å². The number of amides is 1. The van der Waals surface area contributed by atoms with Gasteiger partial charge in [-0.3, -0.25) is 19.5 Å². The maximum absolute atomic E-state index is 13.0. The Balaban J connectivity index is 1.52. The van der Waals surface area contributed by atoms with E-state index in [0.29, 0.717) is 25.8 Å². The zero-order chi connectivity index (χ0) is 22.0. The van der Waals surface area contributed by atoms with E-state index in [9.17, 15) is 14.4 Å². The van der Waals surface area contributed by atoms with Crippen molar-refractivity contribution in [2.45, 2.75) is 65.0 Å². The highest BCUT2D eigenvalue weighted by Crippen LogP contribution is 2.29. The SMILES string of the molecule is CCc1nnc(NC(=O)Cn2cnc3sc(C(=O)OC4CCCCC4)c(C)c3c2=O)s1. The molecule has 3 aromatic heterocycles. The van der Waals surface area contributed by atoms with Gasteiger partial charge in [-0.1, -0.05) is 24.7 Å². The number of rotatable bonds is 6. The van der Waals surface area contributed by atoms with Gasteiger partial charge in [0.2, 0.25) is 11.0 Å². The second kappa shape index (κ2) is 9.23. The van der Waals surface area contributed by atoms with Crippen LogP contribution in [0.15, 0.2) is 11.1 Å². The van der Waals surface area contributed by atoms with Crippen LogP contribution in [0.2, 0.25) is 0 Å². The summed E-state index contributed by atoms with van der Waals surface area (Å²) in [4.78, 5) is 43.2. The van der Waals surface area contributed by atoms with E-state index in [1.54, 1.807) is 6.92 Å². The Labute approximate surface area is 186 Å². The van der Waals surface area contributed by atoms with E-state index in [1.807, 2.05) is 6.92 Å². The summed E-state index contributed by atoms with van der Waals surface area (Å²) in [6.45, 7) is 3.46. The summed E-state index contributed by atoms with van der Waals surface area (Å²) in [5.74, 6) is -0.800. The fourth-order valence-electron chi connectivity index (χ4n) is 3.61. The minimum Gasteiger partial charge on any atom is -0.458 e. The highest BCUT2D eigenvalue weighted by molar-refractivity contribution is 7.20. The number of nitrogens with zero attached hydrogens (tertiary/aromatic N) is 4. The highest BCUT2D eigenvalue weighted by atomic mass is 32.1. The van der Waals surface area contributed by atoms with Crippen LogP contribution in [0, 0.1) is 6.92 Å². The third-order valence-corrected chi connectivity index (χ3v) is 7.42. The lowest BCUT2D eigenvalue weighted by Crippen LogP contribution is -2.28. The molecule has 0 spiro atoms. The number of fused-ring (bicyclic) bond motifs is 1. The molecule has 0 aromatic carbocycles. The van der Waals surface area contributed by atoms with Gasteiger partial charge in [-0.15, -0.1) is 21.5 Å². The number of carbonyl (C=O) groups excluding carboxylic acids is 2. The summed E-state index contributed by atoms with van der Waals surface area (Å²) in [6, 6.07) is 0. The molecule has 0 aliphatic heterocycles. The largest absolute Gasteiger partial charge is 0.458 e. The molecule has 1 amide bonds. The van der Waals surface area contributed by atoms with E-state index in [0.717, 1.165) is 48.4 Å². The van der Waals surface area contributed by atoms with Crippen molar-refractivity contribution in [1.82, 2.24) is 19.7 Å². The maximum atomic E-state index is 13.0. The Morgan fingerprint density at radius 3 is 2.71 bits per heavy atom. The average molecular weight is 462 g/mol. The van der Waals surface area contributed by atoms with Crippen molar-refractivity contribution in [2.24, 2.45) is 0 Å². The summed E-state index contributed by atoms with van der Waals surface area (Å²) in [5.41, 5.74) is 0.182. The maximum Gasteiger partial charge on any atom is 0.348 e. The van der Waals surface area contributed by atoms with Crippen LogP contribution in [-0.2, 0) is 22.5 Å². The van der Waals surface area contributed by atoms with Gasteiger partial charge in [0.25, 0.3) is 5.56 Å². The fraction of sp³-hybridized carbons (Fsp3) is 0.500. The average Bonchev–Trinajstić information content (AvgIpc) is 3.35. The molecule has 0 bridgehead atoms. The van der Waals surface area contributed by atoms with Gasteiger partial charge in [0.05, 0.1) is 11.7 Å². The van der Waals surface area contributed by atoms with E-state index >= 15 is 0 Å². The van der Waals surface area contributed by atoms with Crippen LogP contribution in [0.4, 0.5) is 5.13 Å². The predicted octanol–water partition coefficient (Wildman–Crippen LogP) is 3.31. The monoisotopic (exact) mass is 461 g/mol. The summed E-state index contributed by atoms with van der Waals surface area (Å²) < 4.78 is 6.89. The standard InChI is InChI=1S/C20H23N5O4S2/c1-3-14-23-24-20(30-14)22-13(26)9-25-10-21-17-15(18(25)27)11(2)16(31-17)19(28)29-12-7-5-4-6-8-12/h10,12H,3-9H2,1-2H3,(H,22,24,26). The third-order valence-electron chi connectivity index (χ3n) is 5.26. The van der Waals surface area contributed by atoms with Gasteiger partial charge >= 0.3 is 5.97 Å². The Bertz CT molecular complexity index is 1180. The molecule has 3 heterocycles. The van der Waals surface area contributed by atoms with Crippen molar-refractivity contribution < 1.29 is 14.3 Å². The first-order valence-corrected chi connectivity index (χ1v) is 11.9. The molecular formula is C20H23N5O4S2. The minimum absolute atomic E-state index is 0.0623. The quantitative estimate of drug-likeness (QED) is 0.560. The van der Waals surface area contributed by atoms with E-state index in [1.165, 1.54) is 28.7 Å². The van der Waals surface area contributed by atoms with Gasteiger partial charge < -0.3 is 4.74 Å². The van der Waals surface area contributed by atoms with E-state index in [2.05, 4.69) is 20.5 Å². The molecule has 31 heavy (non-hydrogen) atoms. The van der Waals surface area contributed by atoms with Gasteiger partial charge in [0.1, 0.15) is 27.4 Å². The van der Waals surface area contributed by atoms with Crippen LogP contribution in [0.25, 0.3) is 10.2 Å². The van der Waals surface area contributed by atoms with Crippen molar-refractivity contribution in [2.75, 3.05) is 5.32 Å². The number of aryl methyl sites for hydroxylation is 2. The summed E-state index contributed by atoms with van der Waals surface area (Å²) >= 11 is 2.45. The van der Waals surface area contributed by atoms with Crippen LogP contribution in [0.5, 0.6) is 0 Å². The molecule has 1 fully saturated rings. The molecule has 3 aromatic rings. The number of esters is 1. The fourth-order valence-corrected chi connectivity index (χ4v) is 5.33. The zero-order valence-electron chi connectivity index (χ0n) is 17.3. The Morgan fingerprint density at radius 2 is 2.00 bits per heavy atom. The molecule has 1 aliphatic carbocycles. The van der Waals surface area contributed by atoms with Crippen LogP contribution >= 0.6 is 22.7 Å². The second-order valence-corrected chi connectivity index (χ2v) is 9.54. The summed E-state index contributed by atoms with van der Waals surface area (Å²) in [6.07, 6.45) is 7.06. The number of anilines is 1. The number of hydrogen-bond acceptors (Lipinski definition) is 9. The lowest BCUT2D eigenvalue weighted by molar-refractivity contribution is -0.116. The minimum atomic E-state index is -0.404. The van der Waals surface area contributed by atoms with Crippen molar-refractivity contribution in [3.63, 3.8) is 0 Å². The van der Waals surface area contributed by atoms with Gasteiger partial charge in [-0.2, -0.15) is 0 Å². The first-order valence-electron chi connectivity index (χ1n) is 10.3. The first-order chi connectivity index (χ1) is 15.0. The Hall–Kier alpha value is -2.66. The highest BCUT2D eigenvalue weighted by Gasteiger charge is 2.24. The number of hydrogen-bond donors (Lipinski definition) is 1. The number of nitrogens with one attached hydrogen (secondary N) is 1. The molecule has 164 valence electrons. The number of carbonyl (C=O) groups is 2. The number of ether oxygens (including phenoxy) is 1. The Morgan fingerprint density at radius 1 is 1.23 bits per heavy atom. The first kappa shape index (κ1) is 21.6. The third kappa shape index (κ3) is 4.67. The summed E-state index contributed by atoms with van der Waals surface area (Å²) in [5, 5.41) is 12.1. The van der Waals surface area contributed by atoms with Crippen LogP contribution in [-0.4, -0.2) is 37.7 Å². The van der Waals surface area contributed by atoms with Crippen molar-refractivity contribution in [3.05, 3.63) is 32.1 Å². The van der Waals surface area contributed by atoms with E-state index < -0.39 is 11.9 Å². The summed E-state index contributed by atoms with van der Waals surface area (Å²) in [7, 11) is 0. The molecular weight excluding hydrogens is 438 g/mol. The van der Waals surface area contributed by atoms with Crippen LogP contribution in [0.3, 0.4) is 0 Å². The molecule has 0 unspecified atom stereocenters. The zero-order valence-corrected chi connectivity index (χ0v) is 19.0. The molecule has 0 saturated heterocycles. The molecule has 0 atom stereocenters.